The molecule has 4 nitrogen and oxygen atoms in total. The Hall–Kier alpha value is -1.29. The molecule has 2 heterocycles. The van der Waals surface area contributed by atoms with Crippen LogP contribution in [0, 0.1) is 5.92 Å². The van der Waals surface area contributed by atoms with Crippen molar-refractivity contribution in [3.05, 3.63) is 23.5 Å². The highest BCUT2D eigenvalue weighted by molar-refractivity contribution is 5.66. The van der Waals surface area contributed by atoms with Crippen LogP contribution in [0.15, 0.2) is 23.5 Å². The molecule has 0 N–H and O–H groups in total. The Morgan fingerprint density at radius 3 is 3.19 bits per heavy atom. The second-order valence-electron chi connectivity index (χ2n) is 4.53. The first-order valence-corrected chi connectivity index (χ1v) is 5.50. The van der Waals surface area contributed by atoms with Crippen LogP contribution in [-0.4, -0.2) is 31.4 Å². The van der Waals surface area contributed by atoms with Gasteiger partial charge in [0.25, 0.3) is 0 Å². The van der Waals surface area contributed by atoms with E-state index in [1.165, 1.54) is 12.5 Å². The molecule has 3 rings (SSSR count). The first kappa shape index (κ1) is 9.90. The van der Waals surface area contributed by atoms with E-state index in [1.807, 2.05) is 0 Å². The average molecular weight is 222 g/mol. The van der Waals surface area contributed by atoms with Crippen molar-refractivity contribution in [2.75, 3.05) is 19.8 Å². The summed E-state index contributed by atoms with van der Waals surface area (Å²) in [5, 5.41) is 0. The van der Waals surface area contributed by atoms with E-state index in [2.05, 4.69) is 6.08 Å². The van der Waals surface area contributed by atoms with E-state index in [4.69, 9.17) is 14.2 Å². The largest absolute Gasteiger partial charge is 0.500 e. The SMILES string of the molecule is CC(=O)OCC1=COCC2C1=CCC21CO1. The molecule has 3 aliphatic rings. The van der Waals surface area contributed by atoms with E-state index in [1.54, 1.807) is 6.26 Å². The maximum atomic E-state index is 10.8. The van der Waals surface area contributed by atoms with Crippen molar-refractivity contribution in [3.63, 3.8) is 0 Å². The van der Waals surface area contributed by atoms with Crippen LogP contribution in [0.3, 0.4) is 0 Å². The molecule has 0 saturated carbocycles. The molecule has 4 heteroatoms. The third-order valence-corrected chi connectivity index (χ3v) is 3.48. The van der Waals surface area contributed by atoms with Gasteiger partial charge in [-0.25, -0.2) is 0 Å². The Balaban J connectivity index is 1.75. The molecule has 16 heavy (non-hydrogen) atoms. The number of ether oxygens (including phenoxy) is 3. The van der Waals surface area contributed by atoms with Crippen molar-refractivity contribution in [3.8, 4) is 0 Å². The number of hydrogen-bond donors (Lipinski definition) is 0. The summed E-state index contributed by atoms with van der Waals surface area (Å²) in [4.78, 5) is 10.8. The Morgan fingerprint density at radius 1 is 1.69 bits per heavy atom. The Morgan fingerprint density at radius 2 is 2.50 bits per heavy atom. The predicted octanol–water partition coefficient (Wildman–Crippen LogP) is 1.18. The van der Waals surface area contributed by atoms with Crippen LogP contribution in [-0.2, 0) is 19.0 Å². The zero-order valence-electron chi connectivity index (χ0n) is 9.19. The first-order chi connectivity index (χ1) is 7.71. The van der Waals surface area contributed by atoms with Crippen LogP contribution < -0.4 is 0 Å². The van der Waals surface area contributed by atoms with Gasteiger partial charge in [0.15, 0.2) is 0 Å². The van der Waals surface area contributed by atoms with Crippen LogP contribution in [0.5, 0.6) is 0 Å². The van der Waals surface area contributed by atoms with Crippen molar-refractivity contribution >= 4 is 5.97 Å². The summed E-state index contributed by atoms with van der Waals surface area (Å²) in [6.45, 7) is 3.21. The topological polar surface area (TPSA) is 48.1 Å². The highest BCUT2D eigenvalue weighted by Crippen LogP contribution is 2.50. The quantitative estimate of drug-likeness (QED) is 0.520. The summed E-state index contributed by atoms with van der Waals surface area (Å²) in [6.07, 6.45) is 4.84. The second kappa shape index (κ2) is 3.35. The molecule has 0 aromatic carbocycles. The Kier molecular flexibility index (Phi) is 2.07. The minimum atomic E-state index is -0.265. The maximum absolute atomic E-state index is 10.8. The fourth-order valence-electron chi connectivity index (χ4n) is 2.47. The Bertz CT molecular complexity index is 390. The summed E-state index contributed by atoms with van der Waals surface area (Å²) in [7, 11) is 0. The lowest BCUT2D eigenvalue weighted by Gasteiger charge is -2.25. The number of hydrogen-bond acceptors (Lipinski definition) is 4. The first-order valence-electron chi connectivity index (χ1n) is 5.50. The molecule has 2 atom stereocenters. The molecule has 1 saturated heterocycles. The monoisotopic (exact) mass is 222 g/mol. The molecule has 1 spiro atoms. The number of rotatable bonds is 2. The third kappa shape index (κ3) is 1.45. The van der Waals surface area contributed by atoms with Crippen LogP contribution in [0.1, 0.15) is 13.3 Å². The zero-order valence-corrected chi connectivity index (χ0v) is 9.19. The summed E-state index contributed by atoms with van der Waals surface area (Å²) in [5.74, 6) is 0.0575. The van der Waals surface area contributed by atoms with Gasteiger partial charge in [-0.1, -0.05) is 6.08 Å². The minimum Gasteiger partial charge on any atom is -0.500 e. The highest BCUT2D eigenvalue weighted by Gasteiger charge is 2.56. The standard InChI is InChI=1S/C12H14O4/c1-8(13)15-5-9-4-14-6-11-10(9)2-3-12(11)7-16-12/h2,4,11H,3,5-7H2,1H3. The number of fused-ring (bicyclic) bond motifs is 2. The lowest BCUT2D eigenvalue weighted by molar-refractivity contribution is -0.140. The molecular weight excluding hydrogens is 208 g/mol. The van der Waals surface area contributed by atoms with Gasteiger partial charge in [0, 0.05) is 18.4 Å². The van der Waals surface area contributed by atoms with Gasteiger partial charge in [0.2, 0.25) is 0 Å². The molecule has 2 aliphatic heterocycles. The molecule has 1 fully saturated rings. The van der Waals surface area contributed by atoms with Crippen LogP contribution in [0.4, 0.5) is 0 Å². The van der Waals surface area contributed by atoms with Crippen molar-refractivity contribution in [2.24, 2.45) is 5.92 Å². The molecule has 0 amide bonds. The van der Waals surface area contributed by atoms with Crippen molar-refractivity contribution in [1.29, 1.82) is 0 Å². The van der Waals surface area contributed by atoms with E-state index >= 15 is 0 Å². The summed E-state index contributed by atoms with van der Waals surface area (Å²) >= 11 is 0. The molecule has 0 radical (unpaired) electrons. The fraction of sp³-hybridized carbons (Fsp3) is 0.583. The van der Waals surface area contributed by atoms with Crippen molar-refractivity contribution < 1.29 is 19.0 Å². The van der Waals surface area contributed by atoms with Gasteiger partial charge < -0.3 is 14.2 Å². The van der Waals surface area contributed by atoms with Crippen LogP contribution in [0.25, 0.3) is 0 Å². The molecule has 0 bridgehead atoms. The van der Waals surface area contributed by atoms with Crippen LogP contribution in [0.2, 0.25) is 0 Å². The smallest absolute Gasteiger partial charge is 0.302 e. The lowest BCUT2D eigenvalue weighted by Crippen LogP contribution is -2.28. The number of epoxide rings is 1. The highest BCUT2D eigenvalue weighted by atomic mass is 16.6. The van der Waals surface area contributed by atoms with Crippen molar-refractivity contribution in [2.45, 2.75) is 18.9 Å². The number of carbonyl (C=O) groups is 1. The van der Waals surface area contributed by atoms with Gasteiger partial charge in [-0.2, -0.15) is 0 Å². The van der Waals surface area contributed by atoms with Crippen LogP contribution >= 0.6 is 0 Å². The molecule has 0 aromatic heterocycles. The van der Waals surface area contributed by atoms with Gasteiger partial charge in [-0.05, 0) is 12.0 Å². The predicted molar refractivity (Wildman–Crippen MR) is 55.5 cm³/mol. The number of carbonyl (C=O) groups excluding carboxylic acids is 1. The fourth-order valence-corrected chi connectivity index (χ4v) is 2.47. The maximum Gasteiger partial charge on any atom is 0.302 e. The van der Waals surface area contributed by atoms with Gasteiger partial charge in [0.05, 0.1) is 19.5 Å². The molecule has 2 unspecified atom stereocenters. The summed E-state index contributed by atoms with van der Waals surface area (Å²) < 4.78 is 16.0. The van der Waals surface area contributed by atoms with Crippen molar-refractivity contribution in [1.82, 2.24) is 0 Å². The molecule has 0 aromatic rings. The van der Waals surface area contributed by atoms with E-state index in [-0.39, 0.29) is 11.6 Å². The minimum absolute atomic E-state index is 0.00503. The number of esters is 1. The zero-order chi connectivity index (χ0) is 11.2. The van der Waals surface area contributed by atoms with Gasteiger partial charge in [-0.3, -0.25) is 4.79 Å². The average Bonchev–Trinajstić information content (AvgIpc) is 2.94. The van der Waals surface area contributed by atoms with Gasteiger partial charge >= 0.3 is 5.97 Å². The molecule has 86 valence electrons. The van der Waals surface area contributed by atoms with E-state index in [0.29, 0.717) is 19.1 Å². The van der Waals surface area contributed by atoms with E-state index < -0.39 is 0 Å². The summed E-state index contributed by atoms with van der Waals surface area (Å²) in [5.41, 5.74) is 2.22. The summed E-state index contributed by atoms with van der Waals surface area (Å²) in [6, 6.07) is 0. The van der Waals surface area contributed by atoms with E-state index in [9.17, 15) is 4.79 Å². The Labute approximate surface area is 93.9 Å². The van der Waals surface area contributed by atoms with Gasteiger partial charge in [0.1, 0.15) is 12.2 Å². The molecule has 1 aliphatic carbocycles. The van der Waals surface area contributed by atoms with Gasteiger partial charge in [-0.15, -0.1) is 0 Å². The molecular formula is C12H14O4. The normalized spacial score (nSPS) is 34.9. The lowest BCUT2D eigenvalue weighted by atomic mass is 9.88. The van der Waals surface area contributed by atoms with E-state index in [0.717, 1.165) is 18.6 Å². The third-order valence-electron chi connectivity index (χ3n) is 3.48. The second-order valence-corrected chi connectivity index (χ2v) is 4.53.